The van der Waals surface area contributed by atoms with Crippen molar-refractivity contribution in [3.8, 4) is 0 Å². The van der Waals surface area contributed by atoms with Gasteiger partial charge in [-0.25, -0.2) is 9.67 Å². The molecule has 0 aliphatic rings. The topological polar surface area (TPSA) is 64.7 Å². The van der Waals surface area contributed by atoms with Crippen LogP contribution in [-0.2, 0) is 19.6 Å². The van der Waals surface area contributed by atoms with Crippen LogP contribution in [0.1, 0.15) is 38.4 Å². The van der Waals surface area contributed by atoms with E-state index < -0.39 is 0 Å². The summed E-state index contributed by atoms with van der Waals surface area (Å²) >= 11 is 0. The number of hydrogen-bond acceptors (Lipinski definition) is 3. The van der Waals surface area contributed by atoms with Gasteiger partial charge in [-0.15, -0.1) is 0 Å². The third-order valence-electron chi connectivity index (χ3n) is 5.36. The summed E-state index contributed by atoms with van der Waals surface area (Å²) in [5.74, 6) is -0.0574. The number of carbonyl (C=O) groups excluding carboxylic acids is 1. The van der Waals surface area contributed by atoms with E-state index in [4.69, 9.17) is 0 Å². The van der Waals surface area contributed by atoms with Gasteiger partial charge in [0.05, 0.1) is 12.1 Å². The van der Waals surface area contributed by atoms with Crippen molar-refractivity contribution < 1.29 is 4.79 Å². The Morgan fingerprint density at radius 1 is 0.967 bits per heavy atom. The van der Waals surface area contributed by atoms with Crippen LogP contribution in [0.15, 0.2) is 73.3 Å². The van der Waals surface area contributed by atoms with Crippen LogP contribution in [0.3, 0.4) is 0 Å². The molecule has 0 fully saturated rings. The van der Waals surface area contributed by atoms with E-state index in [2.05, 4.69) is 38.2 Å². The molecule has 2 aromatic carbocycles. The van der Waals surface area contributed by atoms with Crippen LogP contribution in [0.25, 0.3) is 0 Å². The first kappa shape index (κ1) is 19.6. The molecule has 2 heterocycles. The molecular weight excluding hydrogens is 374 g/mol. The lowest BCUT2D eigenvalue weighted by molar-refractivity contribution is 0.0950. The van der Waals surface area contributed by atoms with Crippen molar-refractivity contribution in [3.63, 3.8) is 0 Å². The van der Waals surface area contributed by atoms with E-state index in [0.29, 0.717) is 13.1 Å². The van der Waals surface area contributed by atoms with Gasteiger partial charge in [-0.05, 0) is 36.6 Å². The zero-order chi connectivity index (χ0) is 20.9. The number of rotatable bonds is 7. The first-order valence-electron chi connectivity index (χ1n) is 10.00. The molecule has 1 N–H and O–H groups in total. The van der Waals surface area contributed by atoms with Crippen molar-refractivity contribution >= 4 is 5.91 Å². The number of benzene rings is 2. The van der Waals surface area contributed by atoms with Gasteiger partial charge in [0.2, 0.25) is 0 Å². The van der Waals surface area contributed by atoms with E-state index in [1.165, 1.54) is 11.9 Å². The number of nitrogens with zero attached hydrogens (tertiary/aromatic N) is 4. The average Bonchev–Trinajstić information content (AvgIpc) is 3.37. The first-order valence-corrected chi connectivity index (χ1v) is 10.00. The van der Waals surface area contributed by atoms with Crippen molar-refractivity contribution in [3.05, 3.63) is 107 Å². The Bertz CT molecular complexity index is 1130. The molecule has 4 rings (SSSR count). The Morgan fingerprint density at radius 3 is 2.43 bits per heavy atom. The van der Waals surface area contributed by atoms with E-state index >= 15 is 0 Å². The Balaban J connectivity index is 1.47. The third-order valence-corrected chi connectivity index (χ3v) is 5.36. The van der Waals surface area contributed by atoms with E-state index in [9.17, 15) is 4.79 Å². The van der Waals surface area contributed by atoms with Crippen LogP contribution >= 0.6 is 0 Å². The summed E-state index contributed by atoms with van der Waals surface area (Å²) in [6, 6.07) is 20.3. The number of hydrogen-bond donors (Lipinski definition) is 1. The average molecular weight is 399 g/mol. The molecule has 0 atom stereocenters. The highest BCUT2D eigenvalue weighted by Crippen LogP contribution is 2.18. The smallest absolute Gasteiger partial charge is 0.253 e. The van der Waals surface area contributed by atoms with Crippen LogP contribution in [0.5, 0.6) is 0 Å². The summed E-state index contributed by atoms with van der Waals surface area (Å²) in [5.41, 5.74) is 6.17. The van der Waals surface area contributed by atoms with E-state index in [1.54, 1.807) is 11.0 Å². The second kappa shape index (κ2) is 8.78. The maximum Gasteiger partial charge on any atom is 0.253 e. The number of amides is 1. The highest BCUT2D eigenvalue weighted by Gasteiger charge is 2.16. The summed E-state index contributed by atoms with van der Waals surface area (Å²) in [6.45, 7) is 5.89. The minimum absolute atomic E-state index is 0.0574. The molecule has 6 nitrogen and oxygen atoms in total. The number of nitrogens with one attached hydrogen (secondary N) is 1. The van der Waals surface area contributed by atoms with Crippen LogP contribution in [0.2, 0.25) is 0 Å². The SMILES string of the molecule is Cc1cc(C(=O)NCc2ccccc2Cn2cncn2)c(C)n1Cc1ccccc1. The van der Waals surface area contributed by atoms with Crippen molar-refractivity contribution in [1.82, 2.24) is 24.6 Å². The van der Waals surface area contributed by atoms with Gasteiger partial charge in [-0.3, -0.25) is 4.79 Å². The molecular formula is C24H25N5O. The molecule has 0 unspecified atom stereocenters. The molecule has 1 amide bonds. The molecule has 152 valence electrons. The fourth-order valence-electron chi connectivity index (χ4n) is 3.68. The fourth-order valence-corrected chi connectivity index (χ4v) is 3.68. The Labute approximate surface area is 176 Å². The molecule has 0 saturated carbocycles. The maximum atomic E-state index is 12.9. The number of aromatic nitrogens is 4. The first-order chi connectivity index (χ1) is 14.6. The van der Waals surface area contributed by atoms with Crippen molar-refractivity contribution in [2.45, 2.75) is 33.5 Å². The molecule has 0 saturated heterocycles. The lowest BCUT2D eigenvalue weighted by Gasteiger charge is -2.12. The Morgan fingerprint density at radius 2 is 1.70 bits per heavy atom. The molecule has 0 aliphatic heterocycles. The molecule has 4 aromatic rings. The lowest BCUT2D eigenvalue weighted by atomic mass is 10.1. The minimum atomic E-state index is -0.0574. The van der Waals surface area contributed by atoms with Crippen molar-refractivity contribution in [2.75, 3.05) is 0 Å². The highest BCUT2D eigenvalue weighted by atomic mass is 16.1. The molecule has 2 aromatic heterocycles. The van der Waals surface area contributed by atoms with Gasteiger partial charge in [0, 0.05) is 24.5 Å². The second-order valence-corrected chi connectivity index (χ2v) is 7.40. The highest BCUT2D eigenvalue weighted by molar-refractivity contribution is 5.95. The molecule has 0 bridgehead atoms. The second-order valence-electron chi connectivity index (χ2n) is 7.40. The summed E-state index contributed by atoms with van der Waals surface area (Å²) < 4.78 is 3.96. The van der Waals surface area contributed by atoms with E-state index in [-0.39, 0.29) is 5.91 Å². The summed E-state index contributed by atoms with van der Waals surface area (Å²) in [7, 11) is 0. The summed E-state index contributed by atoms with van der Waals surface area (Å²) in [6.07, 6.45) is 3.21. The van der Waals surface area contributed by atoms with Gasteiger partial charge in [0.1, 0.15) is 12.7 Å². The van der Waals surface area contributed by atoms with Gasteiger partial charge in [0.25, 0.3) is 5.91 Å². The predicted octanol–water partition coefficient (Wildman–Crippen LogP) is 3.72. The van der Waals surface area contributed by atoms with Gasteiger partial charge in [0.15, 0.2) is 0 Å². The monoisotopic (exact) mass is 399 g/mol. The standard InChI is InChI=1S/C24H25N5O/c1-18-12-23(19(2)29(18)14-20-8-4-3-5-9-20)24(30)26-13-21-10-6-7-11-22(21)15-28-17-25-16-27-28/h3-12,16-17H,13-15H2,1-2H3,(H,26,30). The molecule has 0 radical (unpaired) electrons. The quantitative estimate of drug-likeness (QED) is 0.515. The lowest BCUT2D eigenvalue weighted by Crippen LogP contribution is -2.24. The van der Waals surface area contributed by atoms with Gasteiger partial charge in [-0.2, -0.15) is 5.10 Å². The van der Waals surface area contributed by atoms with Gasteiger partial charge < -0.3 is 9.88 Å². The van der Waals surface area contributed by atoms with Crippen molar-refractivity contribution in [2.24, 2.45) is 0 Å². The molecule has 6 heteroatoms. The number of aryl methyl sites for hydroxylation is 1. The minimum Gasteiger partial charge on any atom is -0.348 e. The van der Waals surface area contributed by atoms with Crippen LogP contribution in [-0.4, -0.2) is 25.2 Å². The molecule has 30 heavy (non-hydrogen) atoms. The molecule has 0 spiro atoms. The number of carbonyl (C=O) groups is 1. The fraction of sp³-hybridized carbons (Fsp3) is 0.208. The predicted molar refractivity (Wildman–Crippen MR) is 116 cm³/mol. The Hall–Kier alpha value is -3.67. The zero-order valence-electron chi connectivity index (χ0n) is 17.2. The Kier molecular flexibility index (Phi) is 5.75. The maximum absolute atomic E-state index is 12.9. The largest absolute Gasteiger partial charge is 0.348 e. The zero-order valence-corrected chi connectivity index (χ0v) is 17.2. The van der Waals surface area contributed by atoms with Gasteiger partial charge in [-0.1, -0.05) is 54.6 Å². The third kappa shape index (κ3) is 4.33. The van der Waals surface area contributed by atoms with E-state index in [0.717, 1.165) is 34.6 Å². The van der Waals surface area contributed by atoms with E-state index in [1.807, 2.05) is 56.3 Å². The van der Waals surface area contributed by atoms with Crippen LogP contribution in [0, 0.1) is 13.8 Å². The van der Waals surface area contributed by atoms with Crippen molar-refractivity contribution in [1.29, 1.82) is 0 Å². The van der Waals surface area contributed by atoms with Crippen LogP contribution in [0.4, 0.5) is 0 Å². The van der Waals surface area contributed by atoms with Crippen LogP contribution < -0.4 is 5.32 Å². The van der Waals surface area contributed by atoms with Gasteiger partial charge >= 0.3 is 0 Å². The molecule has 0 aliphatic carbocycles. The summed E-state index contributed by atoms with van der Waals surface area (Å²) in [4.78, 5) is 16.9. The normalized spacial score (nSPS) is 10.9. The summed E-state index contributed by atoms with van der Waals surface area (Å²) in [5, 5.41) is 7.25.